The Kier molecular flexibility index (Phi) is 3.63. The van der Waals surface area contributed by atoms with Crippen molar-refractivity contribution >= 4 is 44.4 Å². The van der Waals surface area contributed by atoms with E-state index in [2.05, 4.69) is 38.5 Å². The molecule has 0 bridgehead atoms. The number of hydrogen-bond donors (Lipinski definition) is 0. The Balaban J connectivity index is 2.27. The molecule has 0 unspecified atom stereocenters. The van der Waals surface area contributed by atoms with E-state index in [9.17, 15) is 4.79 Å². The van der Waals surface area contributed by atoms with Gasteiger partial charge in [0.15, 0.2) is 0 Å². The van der Waals surface area contributed by atoms with Crippen LogP contribution >= 0.6 is 38.5 Å². The molecule has 1 heterocycles. The fourth-order valence-corrected chi connectivity index (χ4v) is 2.31. The summed E-state index contributed by atoms with van der Waals surface area (Å²) in [4.78, 5) is 17.2. The molecule has 1 aliphatic heterocycles. The smallest absolute Gasteiger partial charge is 0.271 e. The summed E-state index contributed by atoms with van der Waals surface area (Å²) < 4.78 is 1.85. The van der Waals surface area contributed by atoms with E-state index >= 15 is 0 Å². The van der Waals surface area contributed by atoms with Gasteiger partial charge in [-0.05, 0) is 63.1 Å². The molecular formula is C10H9BrINO2. The molecule has 0 saturated carbocycles. The lowest BCUT2D eigenvalue weighted by Crippen LogP contribution is -2.26. The van der Waals surface area contributed by atoms with Crippen LogP contribution in [0.25, 0.3) is 0 Å². The van der Waals surface area contributed by atoms with Gasteiger partial charge in [-0.2, -0.15) is 0 Å². The molecule has 15 heavy (non-hydrogen) atoms. The minimum Gasteiger partial charge on any atom is -0.271 e. The second-order valence-corrected chi connectivity index (χ2v) is 5.32. The topological polar surface area (TPSA) is 29.5 Å². The lowest BCUT2D eigenvalue weighted by molar-refractivity contribution is -0.0769. The molecule has 3 nitrogen and oxygen atoms in total. The van der Waals surface area contributed by atoms with E-state index in [0.29, 0.717) is 18.7 Å². The van der Waals surface area contributed by atoms with Crippen molar-refractivity contribution in [1.29, 1.82) is 0 Å². The molecule has 5 heteroatoms. The Bertz CT molecular complexity index is 391. The zero-order chi connectivity index (χ0) is 10.8. The number of amides is 1. The third-order valence-corrected chi connectivity index (χ3v) is 3.50. The first-order chi connectivity index (χ1) is 7.18. The predicted octanol–water partition coefficient (Wildman–Crippen LogP) is 2.83. The molecule has 2 rings (SSSR count). The van der Waals surface area contributed by atoms with Gasteiger partial charge < -0.3 is 0 Å². The summed E-state index contributed by atoms with van der Waals surface area (Å²) in [6.07, 6.45) is 0.910. The molecule has 0 spiro atoms. The van der Waals surface area contributed by atoms with Gasteiger partial charge in [0.25, 0.3) is 5.91 Å². The molecule has 1 aromatic rings. The van der Waals surface area contributed by atoms with Gasteiger partial charge in [0.05, 0.1) is 18.7 Å². The molecule has 0 radical (unpaired) electrons. The third-order valence-electron chi connectivity index (χ3n) is 2.14. The Morgan fingerprint density at radius 1 is 1.53 bits per heavy atom. The maximum absolute atomic E-state index is 12.0. The van der Waals surface area contributed by atoms with Crippen LogP contribution in [0.1, 0.15) is 16.8 Å². The van der Waals surface area contributed by atoms with Crippen LogP contribution in [0.5, 0.6) is 0 Å². The summed E-state index contributed by atoms with van der Waals surface area (Å²) in [6, 6.07) is 5.69. The number of halogens is 2. The van der Waals surface area contributed by atoms with Crippen LogP contribution in [0.4, 0.5) is 0 Å². The van der Waals surface area contributed by atoms with E-state index in [0.717, 1.165) is 14.5 Å². The van der Waals surface area contributed by atoms with Gasteiger partial charge in [-0.3, -0.25) is 9.63 Å². The number of carbonyl (C=O) groups is 1. The minimum absolute atomic E-state index is 0.0714. The summed E-state index contributed by atoms with van der Waals surface area (Å²) in [5.74, 6) is -0.0714. The van der Waals surface area contributed by atoms with Gasteiger partial charge in [0, 0.05) is 8.04 Å². The molecule has 0 atom stereocenters. The first-order valence-electron chi connectivity index (χ1n) is 4.58. The van der Waals surface area contributed by atoms with Gasteiger partial charge in [0.1, 0.15) is 0 Å². The second-order valence-electron chi connectivity index (χ2n) is 3.22. The Labute approximate surface area is 110 Å². The quantitative estimate of drug-likeness (QED) is 0.700. The van der Waals surface area contributed by atoms with Crippen molar-refractivity contribution in [2.45, 2.75) is 6.42 Å². The second kappa shape index (κ2) is 4.80. The van der Waals surface area contributed by atoms with Crippen molar-refractivity contribution in [3.63, 3.8) is 0 Å². The lowest BCUT2D eigenvalue weighted by Gasteiger charge is -2.14. The zero-order valence-corrected chi connectivity index (χ0v) is 11.6. The van der Waals surface area contributed by atoms with Crippen molar-refractivity contribution in [3.8, 4) is 0 Å². The van der Waals surface area contributed by atoms with Crippen molar-refractivity contribution < 1.29 is 9.63 Å². The molecule has 0 N–H and O–H groups in total. The van der Waals surface area contributed by atoms with Gasteiger partial charge in [0.2, 0.25) is 0 Å². The van der Waals surface area contributed by atoms with E-state index in [-0.39, 0.29) is 5.91 Å². The van der Waals surface area contributed by atoms with Crippen LogP contribution < -0.4 is 0 Å². The highest BCUT2D eigenvalue weighted by atomic mass is 127. The number of hydrogen-bond acceptors (Lipinski definition) is 2. The molecule has 1 amide bonds. The highest BCUT2D eigenvalue weighted by Crippen LogP contribution is 2.22. The van der Waals surface area contributed by atoms with Crippen LogP contribution in [0, 0.1) is 3.57 Å². The summed E-state index contributed by atoms with van der Waals surface area (Å²) in [6.45, 7) is 1.31. The van der Waals surface area contributed by atoms with Crippen LogP contribution in [0.2, 0.25) is 0 Å². The summed E-state index contributed by atoms with van der Waals surface area (Å²) in [5.41, 5.74) is 0.656. The van der Waals surface area contributed by atoms with Crippen LogP contribution in [0.15, 0.2) is 22.7 Å². The van der Waals surface area contributed by atoms with Crippen molar-refractivity contribution in [1.82, 2.24) is 5.06 Å². The standard InChI is InChI=1S/C10H9BrINO2/c11-9-3-2-7(12)6-8(9)10(14)13-4-1-5-15-13/h2-3,6H,1,4-5H2. The molecule has 80 valence electrons. The van der Waals surface area contributed by atoms with Crippen LogP contribution in [-0.2, 0) is 4.84 Å². The van der Waals surface area contributed by atoms with Crippen LogP contribution in [0.3, 0.4) is 0 Å². The van der Waals surface area contributed by atoms with E-state index in [1.807, 2.05) is 18.2 Å². The maximum Gasteiger partial charge on any atom is 0.278 e. The maximum atomic E-state index is 12.0. The monoisotopic (exact) mass is 381 g/mol. The van der Waals surface area contributed by atoms with Gasteiger partial charge in [-0.1, -0.05) is 0 Å². The highest BCUT2D eigenvalue weighted by molar-refractivity contribution is 14.1. The van der Waals surface area contributed by atoms with Crippen molar-refractivity contribution in [2.24, 2.45) is 0 Å². The average Bonchev–Trinajstić information content (AvgIpc) is 2.74. The predicted molar refractivity (Wildman–Crippen MR) is 68.5 cm³/mol. The van der Waals surface area contributed by atoms with E-state index in [1.165, 1.54) is 5.06 Å². The normalized spacial score (nSPS) is 15.7. The summed E-state index contributed by atoms with van der Waals surface area (Å²) >= 11 is 5.56. The molecule has 1 saturated heterocycles. The molecule has 0 aromatic heterocycles. The Morgan fingerprint density at radius 2 is 2.33 bits per heavy atom. The van der Waals surface area contributed by atoms with Gasteiger partial charge >= 0.3 is 0 Å². The summed E-state index contributed by atoms with van der Waals surface area (Å²) in [5, 5.41) is 1.43. The Hall–Kier alpha value is -0.140. The number of benzene rings is 1. The molecule has 1 aromatic carbocycles. The zero-order valence-electron chi connectivity index (χ0n) is 7.87. The number of rotatable bonds is 1. The number of hydroxylamine groups is 2. The molecule has 0 aliphatic carbocycles. The Morgan fingerprint density at radius 3 is 3.00 bits per heavy atom. The van der Waals surface area contributed by atoms with Crippen LogP contribution in [-0.4, -0.2) is 24.1 Å². The van der Waals surface area contributed by atoms with E-state index in [4.69, 9.17) is 4.84 Å². The minimum atomic E-state index is -0.0714. The number of nitrogens with zero attached hydrogens (tertiary/aromatic N) is 1. The largest absolute Gasteiger partial charge is 0.278 e. The van der Waals surface area contributed by atoms with E-state index < -0.39 is 0 Å². The van der Waals surface area contributed by atoms with E-state index in [1.54, 1.807) is 0 Å². The highest BCUT2D eigenvalue weighted by Gasteiger charge is 2.22. The van der Waals surface area contributed by atoms with Crippen molar-refractivity contribution in [2.75, 3.05) is 13.2 Å². The molecule has 1 fully saturated rings. The molecule has 1 aliphatic rings. The fraction of sp³-hybridized carbons (Fsp3) is 0.300. The van der Waals surface area contributed by atoms with Gasteiger partial charge in [-0.25, -0.2) is 5.06 Å². The first kappa shape index (κ1) is 11.3. The third kappa shape index (κ3) is 2.51. The first-order valence-corrected chi connectivity index (χ1v) is 6.45. The average molecular weight is 382 g/mol. The fourth-order valence-electron chi connectivity index (χ4n) is 1.40. The SMILES string of the molecule is O=C(c1cc(I)ccc1Br)N1CCCO1. The summed E-state index contributed by atoms with van der Waals surface area (Å²) in [7, 11) is 0. The van der Waals surface area contributed by atoms with Gasteiger partial charge in [-0.15, -0.1) is 0 Å². The number of carbonyl (C=O) groups excluding carboxylic acids is 1. The lowest BCUT2D eigenvalue weighted by atomic mass is 10.2. The molecular weight excluding hydrogens is 373 g/mol. The van der Waals surface area contributed by atoms with Crippen molar-refractivity contribution in [3.05, 3.63) is 31.8 Å².